The van der Waals surface area contributed by atoms with Gasteiger partial charge in [-0.1, -0.05) is 81.5 Å². The summed E-state index contributed by atoms with van der Waals surface area (Å²) in [6, 6.07) is 7.43. The zero-order valence-electron chi connectivity index (χ0n) is 24.7. The van der Waals surface area contributed by atoms with Gasteiger partial charge in [0, 0.05) is 39.9 Å². The Balaban J connectivity index is 1.50. The van der Waals surface area contributed by atoms with Crippen molar-refractivity contribution in [3.8, 4) is 0 Å². The predicted octanol–water partition coefficient (Wildman–Crippen LogP) is 8.09. The number of hydrogen-bond donors (Lipinski definition) is 1. The minimum atomic E-state index is -1.79. The third-order valence-electron chi connectivity index (χ3n) is 6.14. The first-order valence-electron chi connectivity index (χ1n) is 14.7. The highest BCUT2D eigenvalue weighted by Gasteiger charge is 2.12. The first-order valence-corrected chi connectivity index (χ1v) is 13.7. The van der Waals surface area contributed by atoms with Crippen LogP contribution in [0.4, 0.5) is 4.79 Å². The van der Waals surface area contributed by atoms with Crippen molar-refractivity contribution in [3.05, 3.63) is 60.3 Å². The number of aromatic amines is 1. The second kappa shape index (κ2) is 19.1. The van der Waals surface area contributed by atoms with Crippen molar-refractivity contribution in [2.24, 2.45) is 0 Å². The van der Waals surface area contributed by atoms with E-state index in [0.29, 0.717) is 12.0 Å². The first-order chi connectivity index (χ1) is 18.8. The summed E-state index contributed by atoms with van der Waals surface area (Å²) in [5.74, 6) is -0.398. The number of allylic oxidation sites excluding steroid dienone is 4. The van der Waals surface area contributed by atoms with Crippen LogP contribution >= 0.6 is 0 Å². The molecule has 1 N–H and O–H groups in total. The van der Waals surface area contributed by atoms with E-state index in [1.54, 1.807) is 6.20 Å². The lowest BCUT2D eigenvalue weighted by Crippen LogP contribution is -2.30. The second-order valence-electron chi connectivity index (χ2n) is 9.31. The van der Waals surface area contributed by atoms with Gasteiger partial charge in [0.15, 0.2) is 0 Å². The average molecular weight is 513 g/mol. The number of ether oxygens (including phenoxy) is 2. The van der Waals surface area contributed by atoms with Gasteiger partial charge in [-0.15, -0.1) is 0 Å². The summed E-state index contributed by atoms with van der Waals surface area (Å²) >= 11 is 0. The van der Waals surface area contributed by atoms with Gasteiger partial charge in [0.1, 0.15) is 0 Å². The number of para-hydroxylation sites is 1. The number of carbonyl (C=O) groups excluding carboxylic acids is 2. The van der Waals surface area contributed by atoms with Gasteiger partial charge in [0.25, 0.3) is 0 Å². The molecule has 204 valence electrons. The molecule has 0 aliphatic rings. The molecule has 0 aliphatic heterocycles. The Kier molecular flexibility index (Phi) is 14.0. The highest BCUT2D eigenvalue weighted by Crippen LogP contribution is 2.18. The van der Waals surface area contributed by atoms with E-state index < -0.39 is 25.2 Å². The zero-order valence-corrected chi connectivity index (χ0v) is 22.7. The van der Waals surface area contributed by atoms with Gasteiger partial charge >= 0.3 is 12.1 Å². The molecular weight excluding hydrogens is 464 g/mol. The van der Waals surface area contributed by atoms with E-state index in [0.717, 1.165) is 60.7 Å². The van der Waals surface area contributed by atoms with Crippen LogP contribution in [0.15, 0.2) is 54.8 Å². The maximum absolute atomic E-state index is 12.3. The fourth-order valence-corrected chi connectivity index (χ4v) is 3.89. The smallest absolute Gasteiger partial charge is 0.412 e. The molecule has 0 bridgehead atoms. The summed E-state index contributed by atoms with van der Waals surface area (Å²) in [7, 11) is 1.46. The molecule has 37 heavy (non-hydrogen) atoms. The summed E-state index contributed by atoms with van der Waals surface area (Å²) in [5, 5.41) is 0.770. The highest BCUT2D eigenvalue weighted by molar-refractivity contribution is 5.83. The Bertz CT molecular complexity index is 1050. The maximum Gasteiger partial charge on any atom is 0.412 e. The third kappa shape index (κ3) is 13.2. The molecule has 0 spiro atoms. The lowest BCUT2D eigenvalue weighted by atomic mass is 10.1. The number of aromatic nitrogens is 1. The van der Waals surface area contributed by atoms with Crippen LogP contribution in [-0.4, -0.2) is 42.3 Å². The van der Waals surface area contributed by atoms with Crippen LogP contribution in [0.5, 0.6) is 0 Å². The van der Waals surface area contributed by atoms with Crippen LogP contribution in [0, 0.1) is 0 Å². The number of likely N-dealkylation sites (N-methyl/N-ethyl adjacent to an activating group) is 1. The van der Waals surface area contributed by atoms with Gasteiger partial charge in [0.2, 0.25) is 6.79 Å². The predicted molar refractivity (Wildman–Crippen MR) is 151 cm³/mol. The average Bonchev–Trinajstić information content (AvgIpc) is 3.36. The van der Waals surface area contributed by atoms with Gasteiger partial charge in [-0.2, -0.15) is 0 Å². The number of H-pyrrole nitrogens is 1. The van der Waals surface area contributed by atoms with E-state index in [9.17, 15) is 9.59 Å². The number of unbranched alkanes of at least 4 members (excludes halogenated alkanes) is 8. The van der Waals surface area contributed by atoms with Gasteiger partial charge in [-0.05, 0) is 56.5 Å². The quantitative estimate of drug-likeness (QED) is 0.0893. The van der Waals surface area contributed by atoms with E-state index in [4.69, 9.17) is 12.2 Å². The van der Waals surface area contributed by atoms with E-state index >= 15 is 0 Å². The first kappa shape index (κ1) is 27.0. The van der Waals surface area contributed by atoms with E-state index in [-0.39, 0.29) is 6.54 Å². The van der Waals surface area contributed by atoms with Crippen molar-refractivity contribution in [2.75, 3.05) is 20.4 Å². The Morgan fingerprint density at radius 2 is 1.65 bits per heavy atom. The molecule has 0 fully saturated rings. The maximum atomic E-state index is 12.3. The Hall–Kier alpha value is -3.02. The summed E-state index contributed by atoms with van der Waals surface area (Å²) in [4.78, 5) is 28.4. The largest absolute Gasteiger partial charge is 0.428 e. The number of benzene rings is 1. The zero-order chi connectivity index (χ0) is 28.3. The fourth-order valence-electron chi connectivity index (χ4n) is 3.89. The fraction of sp³-hybridized carbons (Fsp3) is 0.548. The number of amides is 1. The number of hydrogen-bond acceptors (Lipinski definition) is 4. The molecule has 0 atom stereocenters. The van der Waals surface area contributed by atoms with Gasteiger partial charge in [0.05, 0.1) is 0 Å². The number of nitrogens with zero attached hydrogens (tertiary/aromatic N) is 1. The molecule has 2 rings (SSSR count). The SMILES string of the molecule is [2H]C([2H])(CN(C)C(=O)OCOC(=O)CCCCCCC/C=C\C/C=C\CCCCC)c1c[nH]c2ccccc12. The van der Waals surface area contributed by atoms with E-state index in [1.165, 1.54) is 32.7 Å². The number of esters is 1. The monoisotopic (exact) mass is 512 g/mol. The molecule has 2 aromatic rings. The molecule has 0 saturated heterocycles. The van der Waals surface area contributed by atoms with Crippen molar-refractivity contribution >= 4 is 23.0 Å². The van der Waals surface area contributed by atoms with Crippen LogP contribution in [-0.2, 0) is 20.6 Å². The van der Waals surface area contributed by atoms with Crippen LogP contribution in [0.1, 0.15) is 92.3 Å². The normalized spacial score (nSPS) is 12.7. The lowest BCUT2D eigenvalue weighted by molar-refractivity contribution is -0.152. The van der Waals surface area contributed by atoms with Gasteiger partial charge < -0.3 is 19.4 Å². The summed E-state index contributed by atoms with van der Waals surface area (Å²) < 4.78 is 26.9. The molecule has 6 nitrogen and oxygen atoms in total. The van der Waals surface area contributed by atoms with Gasteiger partial charge in [-0.25, -0.2) is 4.79 Å². The lowest BCUT2D eigenvalue weighted by Gasteiger charge is -2.16. The second-order valence-corrected chi connectivity index (χ2v) is 9.31. The summed E-state index contributed by atoms with van der Waals surface area (Å²) in [6.45, 7) is 1.55. The van der Waals surface area contributed by atoms with Crippen LogP contribution in [0.3, 0.4) is 0 Å². The van der Waals surface area contributed by atoms with Crippen molar-refractivity contribution in [3.63, 3.8) is 0 Å². The van der Waals surface area contributed by atoms with Crippen LogP contribution < -0.4 is 0 Å². The Morgan fingerprint density at radius 3 is 2.43 bits per heavy atom. The molecule has 0 radical (unpaired) electrons. The number of fused-ring (bicyclic) bond motifs is 1. The molecule has 1 heterocycles. The van der Waals surface area contributed by atoms with E-state index in [1.807, 2.05) is 24.3 Å². The van der Waals surface area contributed by atoms with E-state index in [2.05, 4.69) is 36.2 Å². The Labute approximate surface area is 225 Å². The standard InChI is InChI=1S/C31H46N2O4/c1-3-4-5-6-7-8-9-10-11-12-13-14-15-16-17-22-30(34)36-26-37-31(35)33(2)24-23-27-25-32-29-21-19-18-20-28(27)29/h7-8,10-11,18-21,25,32H,3-6,9,12-17,22-24,26H2,1-2H3/b8-7-,11-10-/i23D2. The number of nitrogens with one attached hydrogen (secondary N) is 1. The summed E-state index contributed by atoms with van der Waals surface area (Å²) in [5.41, 5.74) is 1.30. The third-order valence-corrected chi connectivity index (χ3v) is 6.14. The molecule has 0 unspecified atom stereocenters. The molecule has 6 heteroatoms. The molecule has 0 aliphatic carbocycles. The topological polar surface area (TPSA) is 71.6 Å². The molecule has 1 aromatic carbocycles. The van der Waals surface area contributed by atoms with Crippen LogP contribution in [0.2, 0.25) is 0 Å². The minimum absolute atomic E-state index is 0.201. The molecular formula is C31H46N2O4. The van der Waals surface area contributed by atoms with Crippen molar-refractivity contribution < 1.29 is 21.8 Å². The molecule has 1 aromatic heterocycles. The van der Waals surface area contributed by atoms with Crippen LogP contribution in [0.25, 0.3) is 10.9 Å². The number of rotatable bonds is 19. The van der Waals surface area contributed by atoms with Crippen molar-refractivity contribution in [1.29, 1.82) is 0 Å². The summed E-state index contributed by atoms with van der Waals surface area (Å²) in [6.07, 6.45) is 20.6. The molecule has 1 amide bonds. The number of carbonyl (C=O) groups is 2. The Morgan fingerprint density at radius 1 is 0.946 bits per heavy atom. The van der Waals surface area contributed by atoms with Gasteiger partial charge in [-0.3, -0.25) is 4.79 Å². The van der Waals surface area contributed by atoms with Crippen molar-refractivity contribution in [1.82, 2.24) is 9.88 Å². The minimum Gasteiger partial charge on any atom is -0.428 e. The highest BCUT2D eigenvalue weighted by atomic mass is 16.7. The molecule has 0 saturated carbocycles. The van der Waals surface area contributed by atoms with Crippen molar-refractivity contribution in [2.45, 2.75) is 90.3 Å².